The second-order valence-corrected chi connectivity index (χ2v) is 7.47. The van der Waals surface area contributed by atoms with Gasteiger partial charge in [-0.3, -0.25) is 4.98 Å². The van der Waals surface area contributed by atoms with Gasteiger partial charge in [-0.15, -0.1) is 11.3 Å². The van der Waals surface area contributed by atoms with E-state index in [-0.39, 0.29) is 21.2 Å². The van der Waals surface area contributed by atoms with Crippen LogP contribution in [0.1, 0.15) is 17.4 Å². The van der Waals surface area contributed by atoms with Crippen molar-refractivity contribution in [2.45, 2.75) is 18.4 Å². The maximum absolute atomic E-state index is 12.1. The smallest absolute Gasteiger partial charge is 0.183 e. The van der Waals surface area contributed by atoms with Gasteiger partial charge in [0.05, 0.1) is 11.4 Å². The van der Waals surface area contributed by atoms with Crippen molar-refractivity contribution in [1.82, 2.24) is 4.98 Å². The Labute approximate surface area is 127 Å². The Kier molecular flexibility index (Phi) is 4.45. The number of hydrogen-bond donors (Lipinski definition) is 2. The highest BCUT2D eigenvalue weighted by molar-refractivity contribution is 7.91. The van der Waals surface area contributed by atoms with Crippen molar-refractivity contribution in [3.8, 4) is 6.07 Å². The highest BCUT2D eigenvalue weighted by Crippen LogP contribution is 2.39. The van der Waals surface area contributed by atoms with Crippen LogP contribution in [0.3, 0.4) is 0 Å². The predicted molar refractivity (Wildman–Crippen MR) is 82.7 cm³/mol. The summed E-state index contributed by atoms with van der Waals surface area (Å²) in [5.74, 6) is -0.0691. The quantitative estimate of drug-likeness (QED) is 0.871. The number of thiophene rings is 1. The Hall–Kier alpha value is -2.11. The third-order valence-electron chi connectivity index (χ3n) is 2.87. The highest BCUT2D eigenvalue weighted by atomic mass is 32.2. The van der Waals surface area contributed by atoms with E-state index in [4.69, 9.17) is 11.0 Å². The van der Waals surface area contributed by atoms with E-state index in [1.807, 2.05) is 12.1 Å². The molecule has 0 saturated heterocycles. The van der Waals surface area contributed by atoms with Crippen LogP contribution in [0.2, 0.25) is 0 Å². The summed E-state index contributed by atoms with van der Waals surface area (Å²) in [5.41, 5.74) is 6.73. The van der Waals surface area contributed by atoms with Crippen molar-refractivity contribution in [2.75, 3.05) is 16.8 Å². The third-order valence-corrected chi connectivity index (χ3v) is 5.87. The largest absolute Gasteiger partial charge is 0.396 e. The van der Waals surface area contributed by atoms with Crippen molar-refractivity contribution in [2.24, 2.45) is 0 Å². The van der Waals surface area contributed by atoms with Gasteiger partial charge in [0.1, 0.15) is 20.8 Å². The molecule has 0 amide bonds. The molecule has 2 heterocycles. The SMILES string of the molecule is CCS(=O)(=O)c1c(NCc2cccnc2)sc(C#N)c1N. The highest BCUT2D eigenvalue weighted by Gasteiger charge is 2.25. The molecule has 0 atom stereocenters. The number of hydrogen-bond acceptors (Lipinski definition) is 7. The summed E-state index contributed by atoms with van der Waals surface area (Å²) in [7, 11) is -3.50. The third kappa shape index (κ3) is 3.15. The first-order chi connectivity index (χ1) is 9.99. The van der Waals surface area contributed by atoms with Gasteiger partial charge in [-0.25, -0.2) is 8.42 Å². The number of nitrogens with two attached hydrogens (primary N) is 1. The molecule has 0 aliphatic carbocycles. The first-order valence-corrected chi connectivity index (χ1v) is 8.64. The first kappa shape index (κ1) is 15.3. The first-order valence-electron chi connectivity index (χ1n) is 6.17. The van der Waals surface area contributed by atoms with Crippen LogP contribution in [0.25, 0.3) is 0 Å². The lowest BCUT2D eigenvalue weighted by molar-refractivity contribution is 0.598. The standard InChI is InChI=1S/C13H14N4O2S2/c1-2-21(18,19)12-11(15)10(6-14)20-13(12)17-8-9-4-3-5-16-7-9/h3-5,7,17H,2,8,15H2,1H3. The van der Waals surface area contributed by atoms with Gasteiger partial charge in [0.15, 0.2) is 9.84 Å². The van der Waals surface area contributed by atoms with Crippen LogP contribution in [0.5, 0.6) is 0 Å². The van der Waals surface area contributed by atoms with E-state index in [2.05, 4.69) is 10.3 Å². The lowest BCUT2D eigenvalue weighted by Crippen LogP contribution is -2.09. The molecule has 2 aromatic rings. The molecule has 0 fully saturated rings. The number of rotatable bonds is 5. The monoisotopic (exact) mass is 322 g/mol. The molecule has 0 radical (unpaired) electrons. The Balaban J connectivity index is 2.38. The van der Waals surface area contributed by atoms with E-state index in [1.165, 1.54) is 0 Å². The van der Waals surface area contributed by atoms with E-state index in [9.17, 15) is 8.42 Å². The Morgan fingerprint density at radius 2 is 2.29 bits per heavy atom. The Bertz CT molecular complexity index is 776. The number of sulfone groups is 1. The summed E-state index contributed by atoms with van der Waals surface area (Å²) in [4.78, 5) is 4.22. The minimum atomic E-state index is -3.50. The Morgan fingerprint density at radius 3 is 2.86 bits per heavy atom. The second-order valence-electron chi connectivity index (χ2n) is 4.23. The average molecular weight is 322 g/mol. The molecule has 110 valence electrons. The minimum absolute atomic E-state index is 0.0236. The van der Waals surface area contributed by atoms with Crippen molar-refractivity contribution >= 4 is 31.9 Å². The van der Waals surface area contributed by atoms with Crippen LogP contribution in [0.4, 0.5) is 10.7 Å². The molecule has 0 unspecified atom stereocenters. The zero-order valence-corrected chi connectivity index (χ0v) is 13.0. The lowest BCUT2D eigenvalue weighted by Gasteiger charge is -2.07. The summed E-state index contributed by atoms with van der Waals surface area (Å²) >= 11 is 1.05. The number of nitrogens with zero attached hydrogens (tertiary/aromatic N) is 2. The molecule has 0 aliphatic heterocycles. The van der Waals surface area contributed by atoms with Gasteiger partial charge in [-0.2, -0.15) is 5.26 Å². The van der Waals surface area contributed by atoms with Gasteiger partial charge < -0.3 is 11.1 Å². The van der Waals surface area contributed by atoms with E-state index in [0.29, 0.717) is 11.5 Å². The van der Waals surface area contributed by atoms with Crippen LogP contribution in [0, 0.1) is 11.3 Å². The minimum Gasteiger partial charge on any atom is -0.396 e. The number of pyridine rings is 1. The van der Waals surface area contributed by atoms with Crippen LogP contribution in [0.15, 0.2) is 29.4 Å². The zero-order chi connectivity index (χ0) is 15.5. The molecular weight excluding hydrogens is 308 g/mol. The summed E-state index contributed by atoms with van der Waals surface area (Å²) < 4.78 is 24.3. The average Bonchev–Trinajstić information content (AvgIpc) is 2.83. The fourth-order valence-corrected chi connectivity index (χ4v) is 4.23. The van der Waals surface area contributed by atoms with Crippen LogP contribution >= 0.6 is 11.3 Å². The van der Waals surface area contributed by atoms with Gasteiger partial charge in [0.2, 0.25) is 0 Å². The maximum atomic E-state index is 12.1. The van der Waals surface area contributed by atoms with Crippen molar-refractivity contribution in [3.63, 3.8) is 0 Å². The van der Waals surface area contributed by atoms with Crippen LogP contribution in [-0.2, 0) is 16.4 Å². The topological polar surface area (TPSA) is 109 Å². The molecule has 8 heteroatoms. The summed E-state index contributed by atoms with van der Waals surface area (Å²) in [5, 5.41) is 12.5. The molecular formula is C13H14N4O2S2. The Morgan fingerprint density at radius 1 is 1.52 bits per heavy atom. The molecule has 2 aromatic heterocycles. The molecule has 2 rings (SSSR count). The van der Waals surface area contributed by atoms with Crippen molar-refractivity contribution in [1.29, 1.82) is 5.26 Å². The van der Waals surface area contributed by atoms with Crippen LogP contribution < -0.4 is 11.1 Å². The normalized spacial score (nSPS) is 11.0. The van der Waals surface area contributed by atoms with Crippen LogP contribution in [-0.4, -0.2) is 19.2 Å². The van der Waals surface area contributed by atoms with E-state index < -0.39 is 9.84 Å². The summed E-state index contributed by atoms with van der Waals surface area (Å²) in [6.45, 7) is 1.95. The summed E-state index contributed by atoms with van der Waals surface area (Å²) in [6, 6.07) is 5.59. The molecule has 0 saturated carbocycles. The van der Waals surface area contributed by atoms with E-state index in [0.717, 1.165) is 16.9 Å². The van der Waals surface area contributed by atoms with E-state index in [1.54, 1.807) is 25.4 Å². The molecule has 3 N–H and O–H groups in total. The molecule has 21 heavy (non-hydrogen) atoms. The number of aromatic nitrogens is 1. The van der Waals surface area contributed by atoms with Gasteiger partial charge in [-0.1, -0.05) is 13.0 Å². The van der Waals surface area contributed by atoms with Gasteiger partial charge in [0.25, 0.3) is 0 Å². The van der Waals surface area contributed by atoms with Gasteiger partial charge in [0, 0.05) is 18.9 Å². The molecule has 0 spiro atoms. The van der Waals surface area contributed by atoms with Gasteiger partial charge >= 0.3 is 0 Å². The number of nitrogens with one attached hydrogen (secondary N) is 1. The molecule has 0 aromatic carbocycles. The lowest BCUT2D eigenvalue weighted by atomic mass is 10.3. The van der Waals surface area contributed by atoms with Crippen molar-refractivity contribution < 1.29 is 8.42 Å². The number of nitrogen functional groups attached to an aromatic ring is 1. The van der Waals surface area contributed by atoms with Crippen molar-refractivity contribution in [3.05, 3.63) is 35.0 Å². The zero-order valence-electron chi connectivity index (χ0n) is 11.3. The molecule has 0 bridgehead atoms. The number of anilines is 2. The van der Waals surface area contributed by atoms with E-state index >= 15 is 0 Å². The molecule has 6 nitrogen and oxygen atoms in total. The fourth-order valence-electron chi connectivity index (χ4n) is 1.77. The fraction of sp³-hybridized carbons (Fsp3) is 0.231. The van der Waals surface area contributed by atoms with Gasteiger partial charge in [-0.05, 0) is 11.6 Å². The predicted octanol–water partition coefficient (Wildman–Crippen LogP) is 2.00. The maximum Gasteiger partial charge on any atom is 0.183 e. The second kappa shape index (κ2) is 6.11. The summed E-state index contributed by atoms with van der Waals surface area (Å²) in [6.07, 6.45) is 3.34. The number of nitriles is 1. The molecule has 0 aliphatic rings.